The molecule has 24 heavy (non-hydrogen) atoms. The van der Waals surface area contributed by atoms with Gasteiger partial charge in [-0.1, -0.05) is 13.0 Å². The third-order valence-corrected chi connectivity index (χ3v) is 4.52. The highest BCUT2D eigenvalue weighted by molar-refractivity contribution is 5.94. The zero-order chi connectivity index (χ0) is 17.1. The van der Waals surface area contributed by atoms with Crippen LogP contribution in [0.1, 0.15) is 29.3 Å². The zero-order valence-corrected chi connectivity index (χ0v) is 14.0. The molecule has 1 aromatic carbocycles. The average molecular weight is 326 g/mol. The van der Waals surface area contributed by atoms with Gasteiger partial charge < -0.3 is 14.7 Å². The molecule has 5 heteroatoms. The van der Waals surface area contributed by atoms with Gasteiger partial charge in [0.05, 0.1) is 6.10 Å². The number of benzene rings is 1. The van der Waals surface area contributed by atoms with E-state index in [0.29, 0.717) is 30.2 Å². The summed E-state index contributed by atoms with van der Waals surface area (Å²) in [7, 11) is 0. The van der Waals surface area contributed by atoms with Gasteiger partial charge in [-0.25, -0.2) is 0 Å². The number of amides is 1. The number of aliphatic hydroxyl groups excluding tert-OH is 1. The van der Waals surface area contributed by atoms with E-state index in [1.807, 2.05) is 26.0 Å². The molecule has 1 aromatic heterocycles. The molecule has 126 valence electrons. The van der Waals surface area contributed by atoms with Gasteiger partial charge in [0.15, 0.2) is 0 Å². The van der Waals surface area contributed by atoms with E-state index in [4.69, 9.17) is 4.74 Å². The van der Waals surface area contributed by atoms with E-state index < -0.39 is 6.10 Å². The molecule has 3 rings (SSSR count). The second kappa shape index (κ2) is 7.01. The topological polar surface area (TPSA) is 62.7 Å². The molecule has 2 unspecified atom stereocenters. The number of piperidine rings is 1. The minimum absolute atomic E-state index is 0.0690. The van der Waals surface area contributed by atoms with Gasteiger partial charge in [0, 0.05) is 31.0 Å². The molecule has 0 aliphatic carbocycles. The predicted octanol–water partition coefficient (Wildman–Crippen LogP) is 3.03. The van der Waals surface area contributed by atoms with Crippen LogP contribution in [0.2, 0.25) is 0 Å². The van der Waals surface area contributed by atoms with Gasteiger partial charge in [0.25, 0.3) is 5.91 Å². The van der Waals surface area contributed by atoms with Gasteiger partial charge in [0.1, 0.15) is 11.5 Å². The monoisotopic (exact) mass is 326 g/mol. The number of aryl methyl sites for hydroxylation is 1. The van der Waals surface area contributed by atoms with Gasteiger partial charge in [-0.15, -0.1) is 0 Å². The second-order valence-electron chi connectivity index (χ2n) is 6.35. The van der Waals surface area contributed by atoms with E-state index in [-0.39, 0.29) is 11.8 Å². The van der Waals surface area contributed by atoms with Crippen LogP contribution in [0, 0.1) is 12.8 Å². The Kier molecular flexibility index (Phi) is 4.81. The van der Waals surface area contributed by atoms with Crippen LogP contribution in [-0.4, -0.2) is 40.1 Å². The highest BCUT2D eigenvalue weighted by Gasteiger charge is 2.28. The fourth-order valence-corrected chi connectivity index (χ4v) is 2.79. The van der Waals surface area contributed by atoms with E-state index >= 15 is 0 Å². The summed E-state index contributed by atoms with van der Waals surface area (Å²) in [4.78, 5) is 18.4. The molecule has 1 amide bonds. The van der Waals surface area contributed by atoms with E-state index in [2.05, 4.69) is 4.98 Å². The summed E-state index contributed by atoms with van der Waals surface area (Å²) in [5.74, 6) is 1.50. The zero-order valence-electron chi connectivity index (χ0n) is 14.0. The maximum absolute atomic E-state index is 12.7. The molecule has 2 aromatic rings. The SMILES string of the molecule is Cc1ccc(C(=O)N2CCC(C)C(O)C2)cc1Oc1ccncc1. The van der Waals surface area contributed by atoms with Crippen LogP contribution in [0.4, 0.5) is 0 Å². The molecule has 5 nitrogen and oxygen atoms in total. The van der Waals surface area contributed by atoms with Crippen molar-refractivity contribution in [1.29, 1.82) is 0 Å². The van der Waals surface area contributed by atoms with Crippen LogP contribution in [0.15, 0.2) is 42.7 Å². The number of carbonyl (C=O) groups excluding carboxylic acids is 1. The van der Waals surface area contributed by atoms with Crippen LogP contribution in [0.5, 0.6) is 11.5 Å². The number of pyridine rings is 1. The molecule has 0 saturated carbocycles. The molecular formula is C19H22N2O3. The van der Waals surface area contributed by atoms with E-state index in [1.54, 1.807) is 35.5 Å². The third-order valence-electron chi connectivity index (χ3n) is 4.52. The number of hydrogen-bond donors (Lipinski definition) is 1. The lowest BCUT2D eigenvalue weighted by atomic mass is 9.95. The van der Waals surface area contributed by atoms with Crippen molar-refractivity contribution in [3.8, 4) is 11.5 Å². The number of aliphatic hydroxyl groups is 1. The van der Waals surface area contributed by atoms with E-state index in [1.165, 1.54) is 0 Å². The van der Waals surface area contributed by atoms with Crippen LogP contribution in [0.3, 0.4) is 0 Å². The normalized spacial score (nSPS) is 20.7. The lowest BCUT2D eigenvalue weighted by Gasteiger charge is -2.34. The van der Waals surface area contributed by atoms with Crippen molar-refractivity contribution in [3.05, 3.63) is 53.9 Å². The van der Waals surface area contributed by atoms with Crippen molar-refractivity contribution >= 4 is 5.91 Å². The molecule has 1 aliphatic rings. The lowest BCUT2D eigenvalue weighted by Crippen LogP contribution is -2.45. The molecule has 2 atom stereocenters. The summed E-state index contributed by atoms with van der Waals surface area (Å²) in [6, 6.07) is 9.00. The van der Waals surface area contributed by atoms with Crippen molar-refractivity contribution in [1.82, 2.24) is 9.88 Å². The van der Waals surface area contributed by atoms with Gasteiger partial charge in [-0.2, -0.15) is 0 Å². The van der Waals surface area contributed by atoms with Gasteiger partial charge in [-0.05, 0) is 49.1 Å². The average Bonchev–Trinajstić information content (AvgIpc) is 2.59. The van der Waals surface area contributed by atoms with Crippen molar-refractivity contribution in [2.45, 2.75) is 26.4 Å². The van der Waals surface area contributed by atoms with Crippen LogP contribution in [-0.2, 0) is 0 Å². The Morgan fingerprint density at radius 1 is 1.29 bits per heavy atom. The molecule has 0 spiro atoms. The molecule has 1 N–H and O–H groups in total. The molecule has 0 radical (unpaired) electrons. The summed E-state index contributed by atoms with van der Waals surface area (Å²) < 4.78 is 5.87. The Balaban J connectivity index is 1.79. The van der Waals surface area contributed by atoms with Crippen molar-refractivity contribution in [2.75, 3.05) is 13.1 Å². The number of β-amino-alcohol motifs (C(OH)–C–C–N with tert-alkyl or cyclic N) is 1. The quantitative estimate of drug-likeness (QED) is 0.942. The van der Waals surface area contributed by atoms with Crippen LogP contribution in [0.25, 0.3) is 0 Å². The molecular weight excluding hydrogens is 304 g/mol. The second-order valence-corrected chi connectivity index (χ2v) is 6.35. The maximum Gasteiger partial charge on any atom is 0.254 e. The Morgan fingerprint density at radius 2 is 2.04 bits per heavy atom. The standard InChI is InChI=1S/C19H22N2O3/c1-13-7-10-21(12-17(13)22)19(23)15-4-3-14(2)18(11-15)24-16-5-8-20-9-6-16/h3-6,8-9,11,13,17,22H,7,10,12H2,1-2H3. The highest BCUT2D eigenvalue weighted by Crippen LogP contribution is 2.27. The Bertz CT molecular complexity index is 718. The van der Waals surface area contributed by atoms with Crippen LogP contribution < -0.4 is 4.74 Å². The third kappa shape index (κ3) is 3.57. The first-order valence-corrected chi connectivity index (χ1v) is 8.20. The lowest BCUT2D eigenvalue weighted by molar-refractivity contribution is 0.0248. The maximum atomic E-state index is 12.7. The number of aromatic nitrogens is 1. The largest absolute Gasteiger partial charge is 0.457 e. The molecule has 1 fully saturated rings. The number of carbonyl (C=O) groups is 1. The summed E-state index contributed by atoms with van der Waals surface area (Å²) in [6.45, 7) is 5.01. The number of rotatable bonds is 3. The fraction of sp³-hybridized carbons (Fsp3) is 0.368. The van der Waals surface area contributed by atoms with Gasteiger partial charge >= 0.3 is 0 Å². The first-order valence-electron chi connectivity index (χ1n) is 8.20. The van der Waals surface area contributed by atoms with Gasteiger partial charge in [-0.3, -0.25) is 9.78 Å². The van der Waals surface area contributed by atoms with Crippen molar-refractivity contribution in [3.63, 3.8) is 0 Å². The van der Waals surface area contributed by atoms with Crippen LogP contribution >= 0.6 is 0 Å². The van der Waals surface area contributed by atoms with E-state index in [0.717, 1.165) is 12.0 Å². The summed E-state index contributed by atoms with van der Waals surface area (Å²) in [6.07, 6.45) is 3.69. The minimum Gasteiger partial charge on any atom is -0.457 e. The van der Waals surface area contributed by atoms with Crippen molar-refractivity contribution < 1.29 is 14.6 Å². The summed E-state index contributed by atoms with van der Waals surface area (Å²) in [5.41, 5.74) is 1.53. The number of ether oxygens (including phenoxy) is 1. The van der Waals surface area contributed by atoms with Crippen molar-refractivity contribution in [2.24, 2.45) is 5.92 Å². The number of hydrogen-bond acceptors (Lipinski definition) is 4. The first kappa shape index (κ1) is 16.5. The van der Waals surface area contributed by atoms with Gasteiger partial charge in [0.2, 0.25) is 0 Å². The number of nitrogens with zero attached hydrogens (tertiary/aromatic N) is 2. The molecule has 0 bridgehead atoms. The Morgan fingerprint density at radius 3 is 2.75 bits per heavy atom. The molecule has 1 aliphatic heterocycles. The van der Waals surface area contributed by atoms with E-state index in [9.17, 15) is 9.90 Å². The predicted molar refractivity (Wildman–Crippen MR) is 91.2 cm³/mol. The summed E-state index contributed by atoms with van der Waals surface area (Å²) in [5, 5.41) is 10.0. The fourth-order valence-electron chi connectivity index (χ4n) is 2.79. The molecule has 2 heterocycles. The summed E-state index contributed by atoms with van der Waals surface area (Å²) >= 11 is 0. The Labute approximate surface area is 141 Å². The number of likely N-dealkylation sites (tertiary alicyclic amines) is 1. The Hall–Kier alpha value is -2.40. The first-order chi connectivity index (χ1) is 11.5. The highest BCUT2D eigenvalue weighted by atomic mass is 16.5. The minimum atomic E-state index is -0.458. The smallest absolute Gasteiger partial charge is 0.254 e. The molecule has 1 saturated heterocycles.